The van der Waals surface area contributed by atoms with Crippen LogP contribution >= 0.6 is 23.2 Å². The lowest BCUT2D eigenvalue weighted by molar-refractivity contribution is -0.131. The van der Waals surface area contributed by atoms with Gasteiger partial charge in [-0.15, -0.1) is 0 Å². The van der Waals surface area contributed by atoms with Crippen LogP contribution in [0.4, 0.5) is 0 Å². The van der Waals surface area contributed by atoms with Crippen molar-refractivity contribution in [1.29, 1.82) is 0 Å². The van der Waals surface area contributed by atoms with Gasteiger partial charge in [-0.25, -0.2) is 0 Å². The molecular formula is C15H18Cl2N2O2. The summed E-state index contributed by atoms with van der Waals surface area (Å²) in [5.74, 6) is -0.0301. The topological polar surface area (TPSA) is 49.4 Å². The number of benzene rings is 1. The molecule has 6 heteroatoms. The molecule has 1 saturated heterocycles. The van der Waals surface area contributed by atoms with Gasteiger partial charge in [0, 0.05) is 30.6 Å². The van der Waals surface area contributed by atoms with Gasteiger partial charge < -0.3 is 10.2 Å². The molecule has 2 rings (SSSR count). The molecule has 0 aromatic heterocycles. The summed E-state index contributed by atoms with van der Waals surface area (Å²) < 4.78 is 0. The van der Waals surface area contributed by atoms with Crippen LogP contribution in [0.1, 0.15) is 36.5 Å². The largest absolute Gasteiger partial charge is 0.349 e. The third-order valence-corrected chi connectivity index (χ3v) is 4.21. The lowest BCUT2D eigenvalue weighted by atomic mass is 10.0. The lowest BCUT2D eigenvalue weighted by Crippen LogP contribution is -2.46. The van der Waals surface area contributed by atoms with Crippen molar-refractivity contribution in [3.63, 3.8) is 0 Å². The van der Waals surface area contributed by atoms with Gasteiger partial charge in [-0.1, -0.05) is 30.1 Å². The Kier molecular flexibility index (Phi) is 5.48. The Morgan fingerprint density at radius 1 is 1.29 bits per heavy atom. The third kappa shape index (κ3) is 4.11. The van der Waals surface area contributed by atoms with Crippen LogP contribution in [-0.2, 0) is 4.79 Å². The van der Waals surface area contributed by atoms with Crippen molar-refractivity contribution < 1.29 is 9.59 Å². The summed E-state index contributed by atoms with van der Waals surface area (Å²) in [6.07, 6.45) is 2.06. The molecule has 0 atom stereocenters. The van der Waals surface area contributed by atoms with Crippen LogP contribution in [0, 0.1) is 0 Å². The minimum atomic E-state index is -0.197. The van der Waals surface area contributed by atoms with Crippen LogP contribution < -0.4 is 5.32 Å². The number of amides is 2. The standard InChI is InChI=1S/C15H18Cl2N2O2/c1-2-14(20)19-7-5-11(6-8-19)18-15(21)12-4-3-10(16)9-13(12)17/h3-4,9,11H,2,5-8H2,1H3,(H,18,21). The monoisotopic (exact) mass is 328 g/mol. The van der Waals surface area contributed by atoms with Gasteiger partial charge in [0.05, 0.1) is 10.6 Å². The van der Waals surface area contributed by atoms with Gasteiger partial charge in [-0.2, -0.15) is 0 Å². The minimum absolute atomic E-state index is 0.0742. The third-order valence-electron chi connectivity index (χ3n) is 3.66. The van der Waals surface area contributed by atoms with Gasteiger partial charge in [0.15, 0.2) is 0 Å². The van der Waals surface area contributed by atoms with Crippen molar-refractivity contribution in [2.75, 3.05) is 13.1 Å². The van der Waals surface area contributed by atoms with E-state index in [1.54, 1.807) is 18.2 Å². The average Bonchev–Trinajstić information content (AvgIpc) is 2.47. The molecular weight excluding hydrogens is 311 g/mol. The van der Waals surface area contributed by atoms with Gasteiger partial charge in [0.25, 0.3) is 5.91 Å². The van der Waals surface area contributed by atoms with Gasteiger partial charge >= 0.3 is 0 Å². The smallest absolute Gasteiger partial charge is 0.253 e. The predicted octanol–water partition coefficient (Wildman–Crippen LogP) is 3.12. The average molecular weight is 329 g/mol. The number of nitrogens with one attached hydrogen (secondary N) is 1. The fraction of sp³-hybridized carbons (Fsp3) is 0.467. The zero-order chi connectivity index (χ0) is 15.4. The zero-order valence-corrected chi connectivity index (χ0v) is 13.4. The second kappa shape index (κ2) is 7.14. The van der Waals surface area contributed by atoms with Crippen LogP contribution in [0.15, 0.2) is 18.2 Å². The van der Waals surface area contributed by atoms with Crippen molar-refractivity contribution in [2.45, 2.75) is 32.2 Å². The Labute approximate surface area is 134 Å². The number of rotatable bonds is 3. The Hall–Kier alpha value is -1.26. The molecule has 1 fully saturated rings. The number of carbonyl (C=O) groups is 2. The van der Waals surface area contributed by atoms with E-state index in [-0.39, 0.29) is 17.9 Å². The molecule has 0 unspecified atom stereocenters. The first kappa shape index (κ1) is 16.1. The van der Waals surface area contributed by atoms with E-state index in [1.807, 2.05) is 11.8 Å². The van der Waals surface area contributed by atoms with Gasteiger partial charge in [-0.3, -0.25) is 9.59 Å². The molecule has 0 radical (unpaired) electrons. The molecule has 0 spiro atoms. The molecule has 4 nitrogen and oxygen atoms in total. The molecule has 2 amide bonds. The number of hydrogen-bond acceptors (Lipinski definition) is 2. The number of halogens is 2. The molecule has 0 aliphatic carbocycles. The Balaban J connectivity index is 1.91. The molecule has 1 aliphatic heterocycles. The number of piperidine rings is 1. The van der Waals surface area contributed by atoms with E-state index in [1.165, 1.54) is 0 Å². The molecule has 1 N–H and O–H groups in total. The molecule has 0 bridgehead atoms. The number of nitrogens with zero attached hydrogens (tertiary/aromatic N) is 1. The van der Waals surface area contributed by atoms with E-state index in [0.717, 1.165) is 12.8 Å². The number of hydrogen-bond donors (Lipinski definition) is 1. The van der Waals surface area contributed by atoms with Crippen LogP contribution in [0.3, 0.4) is 0 Å². The lowest BCUT2D eigenvalue weighted by Gasteiger charge is -2.32. The molecule has 1 aliphatic rings. The van der Waals surface area contributed by atoms with Crippen molar-refractivity contribution in [3.05, 3.63) is 33.8 Å². The summed E-state index contributed by atoms with van der Waals surface area (Å²) >= 11 is 11.8. The minimum Gasteiger partial charge on any atom is -0.349 e. The summed E-state index contributed by atoms with van der Waals surface area (Å²) in [6.45, 7) is 3.23. The van der Waals surface area contributed by atoms with Crippen molar-refractivity contribution in [1.82, 2.24) is 10.2 Å². The summed E-state index contributed by atoms with van der Waals surface area (Å²) in [5.41, 5.74) is 0.424. The molecule has 1 aromatic rings. The Morgan fingerprint density at radius 3 is 2.52 bits per heavy atom. The van der Waals surface area contributed by atoms with Crippen molar-refractivity contribution in [3.8, 4) is 0 Å². The van der Waals surface area contributed by atoms with E-state index in [4.69, 9.17) is 23.2 Å². The maximum Gasteiger partial charge on any atom is 0.253 e. The van der Waals surface area contributed by atoms with Crippen LogP contribution in [0.2, 0.25) is 10.0 Å². The van der Waals surface area contributed by atoms with E-state index in [9.17, 15) is 9.59 Å². The second-order valence-corrected chi connectivity index (χ2v) is 5.95. The second-order valence-electron chi connectivity index (χ2n) is 5.11. The summed E-state index contributed by atoms with van der Waals surface area (Å²) in [7, 11) is 0. The Bertz CT molecular complexity index is 540. The molecule has 1 aromatic carbocycles. The highest BCUT2D eigenvalue weighted by molar-refractivity contribution is 6.36. The summed E-state index contributed by atoms with van der Waals surface area (Å²) in [6, 6.07) is 4.89. The first-order valence-corrected chi connectivity index (χ1v) is 7.80. The highest BCUT2D eigenvalue weighted by atomic mass is 35.5. The molecule has 1 heterocycles. The zero-order valence-electron chi connectivity index (χ0n) is 11.9. The highest BCUT2D eigenvalue weighted by Gasteiger charge is 2.23. The SMILES string of the molecule is CCC(=O)N1CCC(NC(=O)c2ccc(Cl)cc2Cl)CC1. The van der Waals surface area contributed by atoms with Gasteiger partial charge in [-0.05, 0) is 31.0 Å². The maximum atomic E-state index is 12.2. The van der Waals surface area contributed by atoms with Gasteiger partial charge in [0.1, 0.15) is 0 Å². The highest BCUT2D eigenvalue weighted by Crippen LogP contribution is 2.21. The first-order chi connectivity index (χ1) is 10.0. The van der Waals surface area contributed by atoms with Gasteiger partial charge in [0.2, 0.25) is 5.91 Å². The number of likely N-dealkylation sites (tertiary alicyclic amines) is 1. The maximum absolute atomic E-state index is 12.2. The molecule has 21 heavy (non-hydrogen) atoms. The predicted molar refractivity (Wildman–Crippen MR) is 83.8 cm³/mol. The Morgan fingerprint density at radius 2 is 1.95 bits per heavy atom. The summed E-state index contributed by atoms with van der Waals surface area (Å²) in [4.78, 5) is 25.6. The van der Waals surface area contributed by atoms with Crippen molar-refractivity contribution in [2.24, 2.45) is 0 Å². The fourth-order valence-electron chi connectivity index (χ4n) is 2.43. The summed E-state index contributed by atoms with van der Waals surface area (Å²) in [5, 5.41) is 3.82. The van der Waals surface area contributed by atoms with E-state index in [0.29, 0.717) is 35.1 Å². The van der Waals surface area contributed by atoms with Crippen molar-refractivity contribution >= 4 is 35.0 Å². The molecule has 0 saturated carbocycles. The fourth-order valence-corrected chi connectivity index (χ4v) is 2.93. The van der Waals surface area contributed by atoms with E-state index in [2.05, 4.69) is 5.32 Å². The molecule has 114 valence electrons. The normalized spacial score (nSPS) is 15.9. The van der Waals surface area contributed by atoms with Crippen LogP contribution in [0.5, 0.6) is 0 Å². The van der Waals surface area contributed by atoms with E-state index >= 15 is 0 Å². The first-order valence-electron chi connectivity index (χ1n) is 7.05. The van der Waals surface area contributed by atoms with E-state index < -0.39 is 0 Å². The quantitative estimate of drug-likeness (QED) is 0.926. The van der Waals surface area contributed by atoms with Crippen LogP contribution in [-0.4, -0.2) is 35.8 Å². The van der Waals surface area contributed by atoms with Crippen LogP contribution in [0.25, 0.3) is 0 Å². The number of carbonyl (C=O) groups excluding carboxylic acids is 2.